The zero-order valence-electron chi connectivity index (χ0n) is 15.4. The molecule has 1 unspecified atom stereocenters. The molecule has 0 aliphatic heterocycles. The quantitative estimate of drug-likeness (QED) is 0.630. The van der Waals surface area contributed by atoms with Gasteiger partial charge in [0.05, 0.1) is 12.2 Å². The minimum Gasteiger partial charge on any atom is -0.466 e. The fourth-order valence-corrected chi connectivity index (χ4v) is 4.37. The topological polar surface area (TPSA) is 72.8 Å². The van der Waals surface area contributed by atoms with Crippen LogP contribution in [0.15, 0.2) is 11.6 Å². The summed E-state index contributed by atoms with van der Waals surface area (Å²) in [7, 11) is 0. The summed E-state index contributed by atoms with van der Waals surface area (Å²) < 4.78 is 10.6. The molecule has 0 spiro atoms. The monoisotopic (exact) mass is 338 g/mol. The van der Waals surface area contributed by atoms with Gasteiger partial charge in [-0.1, -0.05) is 19.9 Å². The molecule has 6 atom stereocenters. The third kappa shape index (κ3) is 3.82. The molecule has 0 radical (unpaired) electrons. The van der Waals surface area contributed by atoms with E-state index in [4.69, 9.17) is 9.47 Å². The third-order valence-corrected chi connectivity index (χ3v) is 5.88. The Hall–Kier alpha value is -1.36. The molecule has 0 heterocycles. The maximum atomic E-state index is 11.4. The lowest BCUT2D eigenvalue weighted by molar-refractivity contribution is -0.160. The number of ether oxygens (including phenoxy) is 2. The maximum Gasteiger partial charge on any atom is 0.303 e. The van der Waals surface area contributed by atoms with E-state index < -0.39 is 5.60 Å². The van der Waals surface area contributed by atoms with Gasteiger partial charge in [0.15, 0.2) is 0 Å². The smallest absolute Gasteiger partial charge is 0.303 e. The number of carbonyl (C=O) groups is 2. The highest BCUT2D eigenvalue weighted by molar-refractivity contribution is 5.66. The molecule has 1 N–H and O–H groups in total. The number of fused-ring (bicyclic) bond motifs is 1. The van der Waals surface area contributed by atoms with Crippen molar-refractivity contribution in [2.45, 2.75) is 65.6 Å². The van der Waals surface area contributed by atoms with E-state index in [1.807, 2.05) is 6.92 Å². The first-order chi connectivity index (χ1) is 11.1. The van der Waals surface area contributed by atoms with Crippen LogP contribution in [0.1, 0.15) is 53.9 Å². The zero-order valence-corrected chi connectivity index (χ0v) is 15.4. The van der Waals surface area contributed by atoms with Crippen molar-refractivity contribution >= 4 is 11.9 Å². The predicted octanol–water partition coefficient (Wildman–Crippen LogP) is 2.86. The highest BCUT2D eigenvalue weighted by Gasteiger charge is 2.52. The molecule has 0 aromatic heterocycles. The zero-order chi connectivity index (χ0) is 18.1. The lowest BCUT2D eigenvalue weighted by atomic mass is 9.57. The number of aliphatic hydroxyl groups is 1. The van der Waals surface area contributed by atoms with Gasteiger partial charge in [-0.3, -0.25) is 9.59 Å². The number of carbonyl (C=O) groups excluding carboxylic acids is 2. The molecule has 0 aromatic rings. The molecular formula is C19H30O5. The van der Waals surface area contributed by atoms with Crippen LogP contribution in [0.25, 0.3) is 0 Å². The minimum absolute atomic E-state index is 0.00128. The number of hydrogen-bond acceptors (Lipinski definition) is 5. The summed E-state index contributed by atoms with van der Waals surface area (Å²) in [4.78, 5) is 22.4. The molecule has 24 heavy (non-hydrogen) atoms. The first kappa shape index (κ1) is 19.0. The fraction of sp³-hybridized carbons (Fsp3) is 0.789. The second-order valence-electron chi connectivity index (χ2n) is 7.65. The molecule has 1 fully saturated rings. The van der Waals surface area contributed by atoms with Crippen LogP contribution in [-0.4, -0.2) is 35.4 Å². The van der Waals surface area contributed by atoms with Crippen LogP contribution < -0.4 is 0 Å². The Balaban J connectivity index is 2.24. The van der Waals surface area contributed by atoms with Crippen LogP contribution >= 0.6 is 0 Å². The molecule has 0 saturated heterocycles. The Bertz CT molecular complexity index is 526. The molecule has 5 heteroatoms. The summed E-state index contributed by atoms with van der Waals surface area (Å²) in [6.07, 6.45) is 4.09. The van der Waals surface area contributed by atoms with E-state index in [-0.39, 0.29) is 41.7 Å². The van der Waals surface area contributed by atoms with Crippen LogP contribution in [0, 0.1) is 23.7 Å². The van der Waals surface area contributed by atoms with E-state index in [1.54, 1.807) is 0 Å². The Morgan fingerprint density at radius 2 is 2.00 bits per heavy atom. The van der Waals surface area contributed by atoms with Crippen molar-refractivity contribution < 1.29 is 24.2 Å². The number of hydrogen-bond donors (Lipinski definition) is 1. The van der Waals surface area contributed by atoms with Crippen LogP contribution in [0.2, 0.25) is 0 Å². The van der Waals surface area contributed by atoms with E-state index in [9.17, 15) is 14.7 Å². The summed E-state index contributed by atoms with van der Waals surface area (Å²) in [6, 6.07) is 0. The molecule has 2 rings (SSSR count). The fourth-order valence-electron chi connectivity index (χ4n) is 4.37. The van der Waals surface area contributed by atoms with Crippen molar-refractivity contribution in [3.8, 4) is 0 Å². The Kier molecular flexibility index (Phi) is 5.74. The molecule has 0 amide bonds. The largest absolute Gasteiger partial charge is 0.466 e. The van der Waals surface area contributed by atoms with Gasteiger partial charge in [0.1, 0.15) is 6.10 Å². The molecule has 5 nitrogen and oxygen atoms in total. The maximum absolute atomic E-state index is 11.4. The number of esters is 2. The molecule has 0 aromatic carbocycles. The predicted molar refractivity (Wildman–Crippen MR) is 90.1 cm³/mol. The van der Waals surface area contributed by atoms with E-state index in [0.717, 1.165) is 18.4 Å². The van der Waals surface area contributed by atoms with Gasteiger partial charge in [-0.15, -0.1) is 0 Å². The van der Waals surface area contributed by atoms with Gasteiger partial charge in [-0.05, 0) is 43.1 Å². The molecule has 2 aliphatic carbocycles. The molecule has 0 bridgehead atoms. The summed E-state index contributed by atoms with van der Waals surface area (Å²) >= 11 is 0. The van der Waals surface area contributed by atoms with Crippen molar-refractivity contribution in [3.05, 3.63) is 11.6 Å². The minimum atomic E-state index is -0.882. The first-order valence-corrected chi connectivity index (χ1v) is 8.86. The van der Waals surface area contributed by atoms with Crippen molar-refractivity contribution in [2.75, 3.05) is 6.61 Å². The summed E-state index contributed by atoms with van der Waals surface area (Å²) in [5.41, 5.74) is 0.117. The summed E-state index contributed by atoms with van der Waals surface area (Å²) in [5, 5.41) is 11.4. The van der Waals surface area contributed by atoms with Gasteiger partial charge in [-0.2, -0.15) is 0 Å². The van der Waals surface area contributed by atoms with E-state index in [0.29, 0.717) is 13.0 Å². The second-order valence-corrected chi connectivity index (χ2v) is 7.65. The van der Waals surface area contributed by atoms with Gasteiger partial charge < -0.3 is 14.6 Å². The van der Waals surface area contributed by atoms with Gasteiger partial charge >= 0.3 is 11.9 Å². The van der Waals surface area contributed by atoms with Crippen molar-refractivity contribution in [2.24, 2.45) is 23.7 Å². The van der Waals surface area contributed by atoms with E-state index in [1.165, 1.54) is 13.8 Å². The SMILES string of the molecule is CC(=O)OCC(C)[C@H]1CC[C@@H](C)[C@]2(O)C[C@@H](OC(C)=O)C(C)=C[C@H]12. The van der Waals surface area contributed by atoms with Gasteiger partial charge in [0.25, 0.3) is 0 Å². The highest BCUT2D eigenvalue weighted by atomic mass is 16.5. The molecule has 1 saturated carbocycles. The van der Waals surface area contributed by atoms with E-state index in [2.05, 4.69) is 19.9 Å². The number of rotatable bonds is 4. The van der Waals surface area contributed by atoms with Gasteiger partial charge in [-0.25, -0.2) is 0 Å². The third-order valence-electron chi connectivity index (χ3n) is 5.88. The van der Waals surface area contributed by atoms with E-state index >= 15 is 0 Å². The standard InChI is InChI=1S/C19H30O5/c1-11-8-17-16(12(2)10-23-14(4)20)7-6-13(3)19(17,22)9-18(11)24-15(5)21/h8,12-13,16-18,22H,6-7,9-10H2,1-5H3/t12?,13-,16-,17-,18-,19-/m1/s1. The molecule has 2 aliphatic rings. The highest BCUT2D eigenvalue weighted by Crippen LogP contribution is 2.51. The second kappa shape index (κ2) is 7.26. The van der Waals surface area contributed by atoms with Gasteiger partial charge in [0.2, 0.25) is 0 Å². The Labute approximate surface area is 144 Å². The summed E-state index contributed by atoms with van der Waals surface area (Å²) in [5.74, 6) is -0.0312. The van der Waals surface area contributed by atoms with Crippen LogP contribution in [0.3, 0.4) is 0 Å². The lowest BCUT2D eigenvalue weighted by Gasteiger charge is -2.52. The lowest BCUT2D eigenvalue weighted by Crippen LogP contribution is -2.56. The Morgan fingerprint density at radius 1 is 1.33 bits per heavy atom. The first-order valence-electron chi connectivity index (χ1n) is 8.86. The normalized spacial score (nSPS) is 37.0. The Morgan fingerprint density at radius 3 is 2.58 bits per heavy atom. The van der Waals surface area contributed by atoms with Crippen molar-refractivity contribution in [1.82, 2.24) is 0 Å². The van der Waals surface area contributed by atoms with Crippen LogP contribution in [-0.2, 0) is 19.1 Å². The van der Waals surface area contributed by atoms with Crippen molar-refractivity contribution in [1.29, 1.82) is 0 Å². The van der Waals surface area contributed by atoms with Crippen molar-refractivity contribution in [3.63, 3.8) is 0 Å². The van der Waals surface area contributed by atoms with Crippen LogP contribution in [0.4, 0.5) is 0 Å². The molecule has 136 valence electrons. The van der Waals surface area contributed by atoms with Gasteiger partial charge in [0, 0.05) is 26.2 Å². The molecular weight excluding hydrogens is 308 g/mol. The average molecular weight is 338 g/mol. The average Bonchev–Trinajstić information content (AvgIpc) is 2.48. The summed E-state index contributed by atoms with van der Waals surface area (Å²) in [6.45, 7) is 9.30. The van der Waals surface area contributed by atoms with Crippen LogP contribution in [0.5, 0.6) is 0 Å².